The van der Waals surface area contributed by atoms with E-state index in [0.29, 0.717) is 12.1 Å². The molecule has 9 nitrogen and oxygen atoms in total. The Labute approximate surface area is 165 Å². The SMILES string of the molecule is O=[N+]([O-])c1ccc(S(=O)(=O)N2CCN(S(=O)(=O)c3ccc(F)c(F)c3)CC2)cc1. The molecule has 1 fully saturated rings. The summed E-state index contributed by atoms with van der Waals surface area (Å²) in [5, 5.41) is 10.7. The molecule has 1 aliphatic heterocycles. The molecule has 0 N–H and O–H groups in total. The van der Waals surface area contributed by atoms with Crippen LogP contribution in [0.4, 0.5) is 14.5 Å². The molecule has 1 aliphatic rings. The molecule has 0 amide bonds. The van der Waals surface area contributed by atoms with Crippen LogP contribution in [0.2, 0.25) is 0 Å². The molecule has 0 radical (unpaired) electrons. The molecule has 0 bridgehead atoms. The molecule has 1 saturated heterocycles. The number of nitrogens with zero attached hydrogens (tertiary/aromatic N) is 3. The second-order valence-corrected chi connectivity index (χ2v) is 10.0. The average molecular weight is 447 g/mol. The van der Waals surface area contributed by atoms with E-state index in [1.165, 1.54) is 0 Å². The van der Waals surface area contributed by atoms with Crippen molar-refractivity contribution < 1.29 is 30.5 Å². The average Bonchev–Trinajstić information content (AvgIpc) is 2.70. The van der Waals surface area contributed by atoms with Crippen molar-refractivity contribution in [3.8, 4) is 0 Å². The summed E-state index contributed by atoms with van der Waals surface area (Å²) in [7, 11) is -8.09. The zero-order valence-electron chi connectivity index (χ0n) is 14.7. The van der Waals surface area contributed by atoms with E-state index < -0.39 is 41.5 Å². The zero-order valence-corrected chi connectivity index (χ0v) is 16.4. The van der Waals surface area contributed by atoms with Crippen LogP contribution in [0.15, 0.2) is 52.3 Å². The van der Waals surface area contributed by atoms with Crippen molar-refractivity contribution in [1.29, 1.82) is 0 Å². The summed E-state index contributed by atoms with van der Waals surface area (Å²) in [6.45, 7) is -0.703. The van der Waals surface area contributed by atoms with Crippen molar-refractivity contribution >= 4 is 25.7 Å². The van der Waals surface area contributed by atoms with Gasteiger partial charge in [-0.05, 0) is 30.3 Å². The van der Waals surface area contributed by atoms with Crippen LogP contribution >= 0.6 is 0 Å². The lowest BCUT2D eigenvalue weighted by Crippen LogP contribution is -2.50. The van der Waals surface area contributed by atoms with Crippen LogP contribution in [-0.2, 0) is 20.0 Å². The minimum atomic E-state index is -4.12. The van der Waals surface area contributed by atoms with Gasteiger partial charge in [-0.25, -0.2) is 25.6 Å². The first kappa shape index (κ1) is 21.2. The lowest BCUT2D eigenvalue weighted by Gasteiger charge is -2.33. The van der Waals surface area contributed by atoms with Crippen LogP contribution in [0.5, 0.6) is 0 Å². The van der Waals surface area contributed by atoms with Gasteiger partial charge in [-0.3, -0.25) is 10.1 Å². The van der Waals surface area contributed by atoms with Crippen molar-refractivity contribution in [2.75, 3.05) is 26.2 Å². The van der Waals surface area contributed by atoms with Crippen molar-refractivity contribution in [3.63, 3.8) is 0 Å². The highest BCUT2D eigenvalue weighted by molar-refractivity contribution is 7.89. The highest BCUT2D eigenvalue weighted by Gasteiger charge is 2.34. The summed E-state index contributed by atoms with van der Waals surface area (Å²) in [6.07, 6.45) is 0. The van der Waals surface area contributed by atoms with Gasteiger partial charge < -0.3 is 0 Å². The molecule has 3 rings (SSSR count). The Hall–Kier alpha value is -2.48. The Kier molecular flexibility index (Phi) is 5.67. The molecule has 29 heavy (non-hydrogen) atoms. The van der Waals surface area contributed by atoms with Crippen molar-refractivity contribution in [3.05, 3.63) is 64.2 Å². The summed E-state index contributed by atoms with van der Waals surface area (Å²) in [4.78, 5) is 9.45. The Morgan fingerprint density at radius 1 is 0.759 bits per heavy atom. The number of rotatable bonds is 5. The predicted octanol–water partition coefficient (Wildman–Crippen LogP) is 1.57. The van der Waals surface area contributed by atoms with Gasteiger partial charge in [0.15, 0.2) is 11.6 Å². The second-order valence-electron chi connectivity index (χ2n) is 6.14. The Morgan fingerprint density at radius 3 is 1.66 bits per heavy atom. The molecule has 0 unspecified atom stereocenters. The molecular formula is C16H15F2N3O6S2. The second kappa shape index (κ2) is 7.74. The topological polar surface area (TPSA) is 118 Å². The minimum Gasteiger partial charge on any atom is -0.258 e. The summed E-state index contributed by atoms with van der Waals surface area (Å²) in [6, 6.07) is 6.57. The Bertz CT molecular complexity index is 1150. The van der Waals surface area contributed by atoms with Gasteiger partial charge in [-0.2, -0.15) is 8.61 Å². The van der Waals surface area contributed by atoms with E-state index >= 15 is 0 Å². The summed E-state index contributed by atoms with van der Waals surface area (Å²) >= 11 is 0. The van der Waals surface area contributed by atoms with Gasteiger partial charge in [-0.15, -0.1) is 0 Å². The van der Waals surface area contributed by atoms with E-state index in [0.717, 1.165) is 38.9 Å². The van der Waals surface area contributed by atoms with Gasteiger partial charge in [0.2, 0.25) is 20.0 Å². The Morgan fingerprint density at radius 2 is 1.21 bits per heavy atom. The van der Waals surface area contributed by atoms with Crippen molar-refractivity contribution in [1.82, 2.24) is 8.61 Å². The number of hydrogen-bond acceptors (Lipinski definition) is 6. The number of hydrogen-bond donors (Lipinski definition) is 0. The number of benzene rings is 2. The first-order valence-corrected chi connectivity index (χ1v) is 11.1. The van der Waals surface area contributed by atoms with Gasteiger partial charge in [-0.1, -0.05) is 0 Å². The van der Waals surface area contributed by atoms with Crippen LogP contribution < -0.4 is 0 Å². The number of halogens is 2. The highest BCUT2D eigenvalue weighted by Crippen LogP contribution is 2.24. The molecule has 2 aromatic rings. The van der Waals surface area contributed by atoms with Gasteiger partial charge >= 0.3 is 0 Å². The summed E-state index contributed by atoms with van der Waals surface area (Å²) in [5.74, 6) is -2.48. The summed E-state index contributed by atoms with van der Waals surface area (Å²) < 4.78 is 79.0. The molecule has 1 heterocycles. The third-order valence-electron chi connectivity index (χ3n) is 4.41. The third kappa shape index (κ3) is 4.12. The zero-order chi connectivity index (χ0) is 21.4. The molecule has 156 valence electrons. The normalized spacial score (nSPS) is 16.6. The minimum absolute atomic E-state index is 0.153. The maximum absolute atomic E-state index is 13.4. The van der Waals surface area contributed by atoms with Crippen molar-refractivity contribution in [2.45, 2.75) is 9.79 Å². The van der Waals surface area contributed by atoms with Gasteiger partial charge in [0.1, 0.15) is 0 Å². The van der Waals surface area contributed by atoms with E-state index in [1.807, 2.05) is 0 Å². The molecule has 0 saturated carbocycles. The molecule has 0 atom stereocenters. The number of nitro benzene ring substituents is 1. The number of sulfonamides is 2. The monoisotopic (exact) mass is 447 g/mol. The molecular weight excluding hydrogens is 432 g/mol. The van der Waals surface area contributed by atoms with Crippen LogP contribution in [0.25, 0.3) is 0 Å². The number of nitro groups is 1. The fraction of sp³-hybridized carbons (Fsp3) is 0.250. The van der Waals surface area contributed by atoms with E-state index in [9.17, 15) is 35.7 Å². The van der Waals surface area contributed by atoms with Crippen LogP contribution in [0.1, 0.15) is 0 Å². The first-order chi connectivity index (χ1) is 13.5. The van der Waals surface area contributed by atoms with E-state index in [-0.39, 0.29) is 36.8 Å². The molecule has 2 aromatic carbocycles. The standard InChI is InChI=1S/C16H15F2N3O6S2/c17-15-6-5-14(11-16(15)18)29(26,27)20-9-7-19(8-10-20)28(24,25)13-3-1-12(2-4-13)21(22)23/h1-6,11H,7-10H2. The van der Waals surface area contributed by atoms with Crippen molar-refractivity contribution in [2.24, 2.45) is 0 Å². The van der Waals surface area contributed by atoms with Crippen LogP contribution in [0.3, 0.4) is 0 Å². The van der Waals surface area contributed by atoms with E-state index in [2.05, 4.69) is 0 Å². The van der Waals surface area contributed by atoms with Crippen LogP contribution in [-0.4, -0.2) is 56.5 Å². The first-order valence-electron chi connectivity index (χ1n) is 8.23. The lowest BCUT2D eigenvalue weighted by molar-refractivity contribution is -0.384. The number of piperazine rings is 1. The molecule has 0 aliphatic carbocycles. The molecule has 0 spiro atoms. The fourth-order valence-corrected chi connectivity index (χ4v) is 5.68. The van der Waals surface area contributed by atoms with E-state index in [1.54, 1.807) is 0 Å². The Balaban J connectivity index is 1.75. The predicted molar refractivity (Wildman–Crippen MR) is 97.0 cm³/mol. The maximum atomic E-state index is 13.4. The fourth-order valence-electron chi connectivity index (χ4n) is 2.83. The van der Waals surface area contributed by atoms with Gasteiger partial charge in [0.25, 0.3) is 5.69 Å². The van der Waals surface area contributed by atoms with Gasteiger partial charge in [0.05, 0.1) is 14.7 Å². The van der Waals surface area contributed by atoms with E-state index in [4.69, 9.17) is 0 Å². The lowest BCUT2D eigenvalue weighted by atomic mass is 10.3. The van der Waals surface area contributed by atoms with Crippen LogP contribution in [0, 0.1) is 21.7 Å². The number of non-ortho nitro benzene ring substituents is 1. The smallest absolute Gasteiger partial charge is 0.258 e. The third-order valence-corrected chi connectivity index (χ3v) is 8.22. The molecule has 0 aromatic heterocycles. The van der Waals surface area contributed by atoms with Gasteiger partial charge in [0, 0.05) is 38.3 Å². The molecule has 13 heteroatoms. The maximum Gasteiger partial charge on any atom is 0.269 e. The quantitative estimate of drug-likeness (QED) is 0.507. The summed E-state index contributed by atoms with van der Waals surface area (Å²) in [5.41, 5.74) is -0.258. The largest absolute Gasteiger partial charge is 0.269 e. The highest BCUT2D eigenvalue weighted by atomic mass is 32.2.